The molecule has 1 N–H and O–H groups in total. The molecular weight excluding hydrogens is 333 g/mol. The number of nitrogens with zero attached hydrogens (tertiary/aromatic N) is 2. The van der Waals surface area contributed by atoms with Crippen molar-refractivity contribution in [3.8, 4) is 11.4 Å². The molecule has 0 saturated heterocycles. The van der Waals surface area contributed by atoms with Crippen molar-refractivity contribution < 1.29 is 13.9 Å². The van der Waals surface area contributed by atoms with Crippen LogP contribution >= 0.6 is 0 Å². The maximum absolute atomic E-state index is 13.3. The highest BCUT2D eigenvalue weighted by Crippen LogP contribution is 2.21. The van der Waals surface area contributed by atoms with Gasteiger partial charge < -0.3 is 4.74 Å². The van der Waals surface area contributed by atoms with Crippen LogP contribution < -0.4 is 10.1 Å². The van der Waals surface area contributed by atoms with Crippen molar-refractivity contribution >= 4 is 22.8 Å². The molecule has 1 aromatic heterocycles. The molecule has 1 heterocycles. The van der Waals surface area contributed by atoms with E-state index < -0.39 is 6.09 Å². The van der Waals surface area contributed by atoms with Gasteiger partial charge in [0.05, 0.1) is 11.0 Å². The number of fused-ring (bicyclic) bond motifs is 1. The van der Waals surface area contributed by atoms with E-state index >= 15 is 0 Å². The second-order valence-corrected chi connectivity index (χ2v) is 5.62. The molecule has 4 rings (SSSR count). The summed E-state index contributed by atoms with van der Waals surface area (Å²) in [4.78, 5) is 16.1. The van der Waals surface area contributed by atoms with Gasteiger partial charge in [0.2, 0.25) is 0 Å². The molecule has 0 unspecified atom stereocenters. The summed E-state index contributed by atoms with van der Waals surface area (Å²) >= 11 is 0. The highest BCUT2D eigenvalue weighted by molar-refractivity contribution is 5.86. The van der Waals surface area contributed by atoms with Crippen molar-refractivity contribution in [3.63, 3.8) is 0 Å². The minimum atomic E-state index is -0.562. The number of carbonyl (C=O) groups is 1. The fourth-order valence-electron chi connectivity index (χ4n) is 2.64. The van der Waals surface area contributed by atoms with Gasteiger partial charge in [-0.3, -0.25) is 9.88 Å². The van der Waals surface area contributed by atoms with Crippen LogP contribution in [0, 0.1) is 5.82 Å². The van der Waals surface area contributed by atoms with Gasteiger partial charge in [0.15, 0.2) is 0 Å². The normalized spacial score (nSPS) is 10.7. The van der Waals surface area contributed by atoms with Crippen LogP contribution in [-0.4, -0.2) is 15.6 Å². The van der Waals surface area contributed by atoms with Crippen molar-refractivity contribution in [2.45, 2.75) is 0 Å². The predicted molar refractivity (Wildman–Crippen MR) is 97.1 cm³/mol. The third-order valence-corrected chi connectivity index (χ3v) is 3.85. The lowest BCUT2D eigenvalue weighted by molar-refractivity contribution is 0.215. The van der Waals surface area contributed by atoms with E-state index in [0.29, 0.717) is 17.0 Å². The van der Waals surface area contributed by atoms with Crippen LogP contribution in [-0.2, 0) is 0 Å². The molecule has 26 heavy (non-hydrogen) atoms. The first-order valence-corrected chi connectivity index (χ1v) is 7.96. The molecule has 0 atom stereocenters. The second kappa shape index (κ2) is 6.68. The predicted octanol–water partition coefficient (Wildman–Crippen LogP) is 4.78. The van der Waals surface area contributed by atoms with Crippen molar-refractivity contribution in [2.24, 2.45) is 0 Å². The number of halogens is 1. The fourth-order valence-corrected chi connectivity index (χ4v) is 2.64. The average Bonchev–Trinajstić information content (AvgIpc) is 3.06. The van der Waals surface area contributed by atoms with Crippen LogP contribution in [0.5, 0.6) is 5.75 Å². The van der Waals surface area contributed by atoms with E-state index in [0.717, 1.165) is 11.2 Å². The van der Waals surface area contributed by atoms with E-state index in [2.05, 4.69) is 10.3 Å². The van der Waals surface area contributed by atoms with E-state index in [1.54, 1.807) is 48.8 Å². The summed E-state index contributed by atoms with van der Waals surface area (Å²) in [5.41, 5.74) is 2.83. The standard InChI is InChI=1S/C20H14FN3O2/c21-14-6-11-19-18(12-14)22-13-24(19)16-9-7-15(8-10-16)23-20(25)26-17-4-2-1-3-5-17/h1-13H,(H,23,25). The Morgan fingerprint density at radius 2 is 1.77 bits per heavy atom. The number of hydrogen-bond acceptors (Lipinski definition) is 3. The maximum atomic E-state index is 13.3. The van der Waals surface area contributed by atoms with Gasteiger partial charge in [-0.25, -0.2) is 14.2 Å². The highest BCUT2D eigenvalue weighted by Gasteiger charge is 2.07. The van der Waals surface area contributed by atoms with Crippen molar-refractivity contribution in [1.29, 1.82) is 0 Å². The molecule has 4 aromatic rings. The quantitative estimate of drug-likeness (QED) is 0.580. The maximum Gasteiger partial charge on any atom is 0.417 e. The first-order chi connectivity index (χ1) is 12.7. The summed E-state index contributed by atoms with van der Waals surface area (Å²) in [5.74, 6) is 0.151. The van der Waals surface area contributed by atoms with Crippen LogP contribution in [0.25, 0.3) is 16.7 Å². The number of amides is 1. The topological polar surface area (TPSA) is 56.2 Å². The number of benzene rings is 3. The fraction of sp³-hybridized carbons (Fsp3) is 0. The first-order valence-electron chi connectivity index (χ1n) is 7.96. The zero-order valence-corrected chi connectivity index (χ0v) is 13.6. The second-order valence-electron chi connectivity index (χ2n) is 5.62. The van der Waals surface area contributed by atoms with E-state index in [1.165, 1.54) is 12.1 Å². The van der Waals surface area contributed by atoms with Crippen LogP contribution in [0.4, 0.5) is 14.9 Å². The van der Waals surface area contributed by atoms with Crippen molar-refractivity contribution in [3.05, 3.63) is 84.9 Å². The lowest BCUT2D eigenvalue weighted by Gasteiger charge is -2.08. The Kier molecular flexibility index (Phi) is 4.07. The monoisotopic (exact) mass is 347 g/mol. The van der Waals surface area contributed by atoms with Crippen LogP contribution in [0.2, 0.25) is 0 Å². The van der Waals surface area contributed by atoms with E-state index in [1.807, 2.05) is 22.8 Å². The number of imidazole rings is 1. The lowest BCUT2D eigenvalue weighted by atomic mass is 10.2. The van der Waals surface area contributed by atoms with Gasteiger partial charge in [-0.1, -0.05) is 18.2 Å². The number of nitrogens with one attached hydrogen (secondary N) is 1. The zero-order chi connectivity index (χ0) is 17.9. The Bertz CT molecular complexity index is 1060. The zero-order valence-electron chi connectivity index (χ0n) is 13.6. The highest BCUT2D eigenvalue weighted by atomic mass is 19.1. The molecule has 0 saturated carbocycles. The summed E-state index contributed by atoms with van der Waals surface area (Å²) in [6.45, 7) is 0. The van der Waals surface area contributed by atoms with Gasteiger partial charge in [0.1, 0.15) is 17.9 Å². The molecule has 3 aromatic carbocycles. The Morgan fingerprint density at radius 1 is 1.00 bits per heavy atom. The number of hydrogen-bond donors (Lipinski definition) is 1. The molecular formula is C20H14FN3O2. The average molecular weight is 347 g/mol. The summed E-state index contributed by atoms with van der Waals surface area (Å²) in [6.07, 6.45) is 1.07. The van der Waals surface area contributed by atoms with E-state index in [4.69, 9.17) is 4.74 Å². The lowest BCUT2D eigenvalue weighted by Crippen LogP contribution is -2.16. The number of para-hydroxylation sites is 1. The van der Waals surface area contributed by atoms with Gasteiger partial charge in [0, 0.05) is 17.4 Å². The third-order valence-electron chi connectivity index (χ3n) is 3.85. The Hall–Kier alpha value is -3.67. The van der Waals surface area contributed by atoms with Gasteiger partial charge in [-0.05, 0) is 48.5 Å². The van der Waals surface area contributed by atoms with Crippen LogP contribution in [0.3, 0.4) is 0 Å². The summed E-state index contributed by atoms with van der Waals surface area (Å²) in [7, 11) is 0. The SMILES string of the molecule is O=C(Nc1ccc(-n2cnc3cc(F)ccc32)cc1)Oc1ccccc1. The molecule has 0 aliphatic carbocycles. The smallest absolute Gasteiger partial charge is 0.410 e. The number of rotatable bonds is 3. The molecule has 0 fully saturated rings. The molecule has 0 bridgehead atoms. The minimum Gasteiger partial charge on any atom is -0.410 e. The molecule has 0 aliphatic rings. The molecule has 6 heteroatoms. The summed E-state index contributed by atoms with van der Waals surface area (Å²) < 4.78 is 20.3. The molecule has 0 radical (unpaired) electrons. The Morgan fingerprint density at radius 3 is 2.54 bits per heavy atom. The summed E-state index contributed by atoms with van der Waals surface area (Å²) in [5, 5.41) is 2.67. The van der Waals surface area contributed by atoms with Gasteiger partial charge in [0.25, 0.3) is 0 Å². The molecule has 0 spiro atoms. The minimum absolute atomic E-state index is 0.320. The Labute approximate surface area is 148 Å². The third kappa shape index (κ3) is 3.25. The van der Waals surface area contributed by atoms with E-state index in [9.17, 15) is 9.18 Å². The number of anilines is 1. The Balaban J connectivity index is 1.50. The van der Waals surface area contributed by atoms with Crippen LogP contribution in [0.15, 0.2) is 79.1 Å². The van der Waals surface area contributed by atoms with Gasteiger partial charge >= 0.3 is 6.09 Å². The van der Waals surface area contributed by atoms with Gasteiger partial charge in [-0.15, -0.1) is 0 Å². The van der Waals surface area contributed by atoms with Gasteiger partial charge in [-0.2, -0.15) is 0 Å². The van der Waals surface area contributed by atoms with Crippen LogP contribution in [0.1, 0.15) is 0 Å². The number of carbonyl (C=O) groups excluding carboxylic acids is 1. The van der Waals surface area contributed by atoms with Crippen molar-refractivity contribution in [1.82, 2.24) is 9.55 Å². The number of ether oxygens (including phenoxy) is 1. The largest absolute Gasteiger partial charge is 0.417 e. The molecule has 1 amide bonds. The molecule has 5 nitrogen and oxygen atoms in total. The molecule has 128 valence electrons. The van der Waals surface area contributed by atoms with E-state index in [-0.39, 0.29) is 5.82 Å². The number of aromatic nitrogens is 2. The van der Waals surface area contributed by atoms with Crippen molar-refractivity contribution in [2.75, 3.05) is 5.32 Å². The first kappa shape index (κ1) is 15.8. The summed E-state index contributed by atoms with van der Waals surface area (Å²) in [6, 6.07) is 20.5. The molecule has 0 aliphatic heterocycles.